The number of thiazole rings is 1. The number of carbonyl (C=O) groups is 1. The van der Waals surface area contributed by atoms with E-state index in [1.807, 2.05) is 60.8 Å². The van der Waals surface area contributed by atoms with Gasteiger partial charge < -0.3 is 10.7 Å². The van der Waals surface area contributed by atoms with Gasteiger partial charge in [0.15, 0.2) is 0 Å². The number of H-pyrrole nitrogens is 1. The van der Waals surface area contributed by atoms with Crippen molar-refractivity contribution in [3.05, 3.63) is 93.7 Å². The summed E-state index contributed by atoms with van der Waals surface area (Å²) in [6, 6.07) is 13.6. The normalized spacial score (nSPS) is 18.2. The average Bonchev–Trinajstić information content (AvgIpc) is 3.51. The molecule has 3 heterocycles. The van der Waals surface area contributed by atoms with Gasteiger partial charge in [0, 0.05) is 33.7 Å². The van der Waals surface area contributed by atoms with Crippen LogP contribution < -0.4 is 5.32 Å². The fourth-order valence-corrected chi connectivity index (χ4v) is 5.01. The van der Waals surface area contributed by atoms with E-state index in [1.54, 1.807) is 12.4 Å². The molecule has 2 aromatic carbocycles. The van der Waals surface area contributed by atoms with Crippen LogP contribution >= 0.6 is 11.3 Å². The van der Waals surface area contributed by atoms with Gasteiger partial charge in [-0.15, -0.1) is 11.3 Å². The number of fused-ring (bicyclic) bond motifs is 2. The first-order chi connectivity index (χ1) is 16.1. The molecular formula is C25H18N6OS. The molecule has 8 heteroatoms. The van der Waals surface area contributed by atoms with Gasteiger partial charge in [-0.05, 0) is 30.7 Å². The van der Waals surface area contributed by atoms with Gasteiger partial charge in [0.25, 0.3) is 0 Å². The summed E-state index contributed by atoms with van der Waals surface area (Å²) in [5, 5.41) is 22.6. The molecule has 1 aliphatic carbocycles. The molecule has 1 amide bonds. The van der Waals surface area contributed by atoms with Crippen molar-refractivity contribution in [2.24, 2.45) is 10.9 Å². The van der Waals surface area contributed by atoms with E-state index in [9.17, 15) is 4.79 Å². The summed E-state index contributed by atoms with van der Waals surface area (Å²) in [6.07, 6.45) is 5.42. The average molecular weight is 451 g/mol. The Balaban J connectivity index is 1.60. The van der Waals surface area contributed by atoms with E-state index in [2.05, 4.69) is 20.5 Å². The zero-order chi connectivity index (χ0) is 22.5. The second-order valence-electron chi connectivity index (χ2n) is 8.00. The number of nitrogens with one attached hydrogen (secondary N) is 3. The Bertz CT molecular complexity index is 1540. The van der Waals surface area contributed by atoms with Gasteiger partial charge in [-0.2, -0.15) is 5.10 Å². The third kappa shape index (κ3) is 3.15. The summed E-state index contributed by atoms with van der Waals surface area (Å²) in [4.78, 5) is 22.7. The third-order valence-corrected chi connectivity index (χ3v) is 6.69. The topological polar surface area (TPSA) is 107 Å². The summed E-state index contributed by atoms with van der Waals surface area (Å²) in [7, 11) is 0. The summed E-state index contributed by atoms with van der Waals surface area (Å²) in [6.45, 7) is 2.00. The highest BCUT2D eigenvalue weighted by molar-refractivity contribution is 7.10. The van der Waals surface area contributed by atoms with E-state index in [0.717, 1.165) is 38.2 Å². The first-order valence-electron chi connectivity index (χ1n) is 10.4. The van der Waals surface area contributed by atoms with E-state index in [-0.39, 0.29) is 11.6 Å². The van der Waals surface area contributed by atoms with Crippen LogP contribution in [0.3, 0.4) is 0 Å². The van der Waals surface area contributed by atoms with Crippen molar-refractivity contribution in [2.75, 3.05) is 0 Å². The van der Waals surface area contributed by atoms with Crippen molar-refractivity contribution < 1.29 is 4.79 Å². The molecule has 4 aromatic rings. The zero-order valence-electron chi connectivity index (χ0n) is 17.6. The van der Waals surface area contributed by atoms with Crippen molar-refractivity contribution in [2.45, 2.75) is 6.92 Å². The van der Waals surface area contributed by atoms with Crippen molar-refractivity contribution in [3.8, 4) is 0 Å². The number of hydrogen-bond donors (Lipinski definition) is 3. The number of allylic oxidation sites excluding steroid dienone is 3. The number of aromatic amines is 1. The molecular weight excluding hydrogens is 432 g/mol. The minimum absolute atomic E-state index is 0.212. The lowest BCUT2D eigenvalue weighted by Gasteiger charge is -2.30. The van der Waals surface area contributed by atoms with Crippen LogP contribution in [0.1, 0.15) is 21.7 Å². The molecule has 0 bridgehead atoms. The van der Waals surface area contributed by atoms with Gasteiger partial charge in [-0.1, -0.05) is 35.9 Å². The van der Waals surface area contributed by atoms with E-state index >= 15 is 0 Å². The molecule has 1 atom stereocenters. The summed E-state index contributed by atoms with van der Waals surface area (Å²) in [5.74, 6) is -0.592. The van der Waals surface area contributed by atoms with E-state index in [4.69, 9.17) is 10.4 Å². The van der Waals surface area contributed by atoms with E-state index < -0.39 is 5.92 Å². The monoisotopic (exact) mass is 450 g/mol. The standard InChI is InChI=1S/C25H18N6OS/c1-13-4-2-5-14(10-13)23-29-22-17(25-27-8-9-33-25)11-16(21(26)20(22)24(32)30-23)15-6-3-7-19-18(15)12-28-31-19/h2-12,20,26H,1H3,(H,28,31)(H,29,30,32). The second-order valence-corrected chi connectivity index (χ2v) is 8.89. The van der Waals surface area contributed by atoms with Gasteiger partial charge >= 0.3 is 0 Å². The number of amidine groups is 1. The van der Waals surface area contributed by atoms with Crippen molar-refractivity contribution in [3.63, 3.8) is 0 Å². The maximum Gasteiger partial charge on any atom is 0.240 e. The molecule has 7 nitrogen and oxygen atoms in total. The van der Waals surface area contributed by atoms with Crippen LogP contribution in [0.25, 0.3) is 22.0 Å². The molecule has 1 unspecified atom stereocenters. The molecule has 0 saturated carbocycles. The maximum atomic E-state index is 13.4. The highest BCUT2D eigenvalue weighted by Crippen LogP contribution is 2.41. The van der Waals surface area contributed by atoms with E-state index in [0.29, 0.717) is 17.1 Å². The fourth-order valence-electron chi connectivity index (χ4n) is 4.34. The maximum absolute atomic E-state index is 13.4. The number of benzene rings is 2. The second kappa shape index (κ2) is 7.46. The third-order valence-electron chi connectivity index (χ3n) is 5.88. The lowest BCUT2D eigenvalue weighted by atomic mass is 9.80. The Morgan fingerprint density at radius 2 is 2.03 bits per heavy atom. The lowest BCUT2D eigenvalue weighted by molar-refractivity contribution is -0.121. The molecule has 0 radical (unpaired) electrons. The van der Waals surface area contributed by atoms with Crippen molar-refractivity contribution in [1.82, 2.24) is 20.5 Å². The largest absolute Gasteiger partial charge is 0.309 e. The molecule has 0 saturated heterocycles. The van der Waals surface area contributed by atoms with Crippen LogP contribution in [0, 0.1) is 18.3 Å². The number of aliphatic imine (C=N–C) groups is 1. The number of nitrogens with zero attached hydrogens (tertiary/aromatic N) is 3. The quantitative estimate of drug-likeness (QED) is 0.432. The molecule has 33 heavy (non-hydrogen) atoms. The van der Waals surface area contributed by atoms with Crippen molar-refractivity contribution in [1.29, 1.82) is 5.41 Å². The Morgan fingerprint density at radius 3 is 2.85 bits per heavy atom. The molecule has 2 aliphatic rings. The van der Waals surface area contributed by atoms with Crippen LogP contribution in [0.2, 0.25) is 0 Å². The smallest absolute Gasteiger partial charge is 0.240 e. The summed E-state index contributed by atoms with van der Waals surface area (Å²) < 4.78 is 0. The number of aromatic nitrogens is 3. The zero-order valence-corrected chi connectivity index (χ0v) is 18.4. The van der Waals surface area contributed by atoms with E-state index in [1.165, 1.54) is 11.3 Å². The SMILES string of the molecule is Cc1cccc(C2=NC3=C(c4nccs4)C=C(c4cccc5[nH]ncc45)C(=N)C3C(=O)N2)c1. The Hall–Kier alpha value is -4.17. The Morgan fingerprint density at radius 1 is 1.15 bits per heavy atom. The molecule has 1 aliphatic heterocycles. The lowest BCUT2D eigenvalue weighted by Crippen LogP contribution is -2.45. The van der Waals surface area contributed by atoms with Gasteiger partial charge in [0.2, 0.25) is 5.91 Å². The number of carbonyl (C=O) groups excluding carboxylic acids is 1. The number of amides is 1. The van der Waals surface area contributed by atoms with Gasteiger partial charge in [0.1, 0.15) is 16.8 Å². The molecule has 0 fully saturated rings. The predicted molar refractivity (Wildman–Crippen MR) is 130 cm³/mol. The predicted octanol–water partition coefficient (Wildman–Crippen LogP) is 4.35. The molecule has 0 spiro atoms. The van der Waals surface area contributed by atoms with Crippen molar-refractivity contribution >= 4 is 50.8 Å². The number of aryl methyl sites for hydroxylation is 1. The minimum Gasteiger partial charge on any atom is -0.309 e. The highest BCUT2D eigenvalue weighted by Gasteiger charge is 2.39. The number of rotatable bonds is 3. The molecule has 160 valence electrons. The Labute approximate surface area is 193 Å². The van der Waals surface area contributed by atoms with Crippen LogP contribution in [-0.4, -0.2) is 32.6 Å². The summed E-state index contributed by atoms with van der Waals surface area (Å²) in [5.41, 5.74) is 5.83. The molecule has 3 N–H and O–H groups in total. The first kappa shape index (κ1) is 19.5. The summed E-state index contributed by atoms with van der Waals surface area (Å²) >= 11 is 1.49. The Kier molecular flexibility index (Phi) is 4.41. The van der Waals surface area contributed by atoms with Crippen LogP contribution in [-0.2, 0) is 4.79 Å². The van der Waals surface area contributed by atoms with Crippen LogP contribution in [0.15, 0.2) is 77.0 Å². The van der Waals surface area contributed by atoms with Crippen LogP contribution in [0.4, 0.5) is 0 Å². The minimum atomic E-state index is -0.820. The van der Waals surface area contributed by atoms with Gasteiger partial charge in [0.05, 0.1) is 23.1 Å². The fraction of sp³-hybridized carbons (Fsp3) is 0.0800. The molecule has 2 aromatic heterocycles. The van der Waals surface area contributed by atoms with Gasteiger partial charge in [-0.25, -0.2) is 9.98 Å². The number of hydrogen-bond acceptors (Lipinski definition) is 6. The van der Waals surface area contributed by atoms with Gasteiger partial charge in [-0.3, -0.25) is 9.89 Å². The highest BCUT2D eigenvalue weighted by atomic mass is 32.1. The van der Waals surface area contributed by atoms with Crippen LogP contribution in [0.5, 0.6) is 0 Å². The molecule has 6 rings (SSSR count). The first-order valence-corrected chi connectivity index (χ1v) is 11.3.